The number of aromatic nitrogens is 2. The summed E-state index contributed by atoms with van der Waals surface area (Å²) in [6.07, 6.45) is 0. The van der Waals surface area contributed by atoms with Gasteiger partial charge in [0.1, 0.15) is 10.4 Å². The third-order valence-corrected chi connectivity index (χ3v) is 5.67. The fourth-order valence-electron chi connectivity index (χ4n) is 1.59. The van der Waals surface area contributed by atoms with Crippen molar-refractivity contribution in [2.45, 2.75) is 6.92 Å². The molecule has 0 aliphatic heterocycles. The number of nitrogens with zero attached hydrogens (tertiary/aromatic N) is 2. The van der Waals surface area contributed by atoms with Crippen molar-refractivity contribution in [3.05, 3.63) is 44.3 Å². The SMILES string of the molecule is Cc1ccc(NC(=O)c2nn(P(=O)(O)O)c(Br)c2Br)c(F)c1. The van der Waals surface area contributed by atoms with Crippen LogP contribution in [0.4, 0.5) is 10.1 Å². The molecule has 118 valence electrons. The highest BCUT2D eigenvalue weighted by molar-refractivity contribution is 9.13. The van der Waals surface area contributed by atoms with E-state index in [-0.39, 0.29) is 20.5 Å². The van der Waals surface area contributed by atoms with Gasteiger partial charge in [-0.3, -0.25) is 4.79 Å². The number of aryl methyl sites for hydroxylation is 1. The van der Waals surface area contributed by atoms with Gasteiger partial charge in [0.25, 0.3) is 5.91 Å². The van der Waals surface area contributed by atoms with Gasteiger partial charge in [0.05, 0.1) is 10.2 Å². The first kappa shape index (κ1) is 17.3. The zero-order valence-electron chi connectivity index (χ0n) is 10.9. The van der Waals surface area contributed by atoms with Gasteiger partial charge in [0.15, 0.2) is 5.69 Å². The number of hydrogen-bond acceptors (Lipinski definition) is 3. The van der Waals surface area contributed by atoms with Crippen LogP contribution in [0.3, 0.4) is 0 Å². The van der Waals surface area contributed by atoms with Crippen LogP contribution in [-0.2, 0) is 4.57 Å². The molecular formula is C11H9Br2FN3O4P. The first-order chi connectivity index (χ1) is 10.1. The minimum Gasteiger partial charge on any atom is -0.318 e. The van der Waals surface area contributed by atoms with Crippen LogP contribution in [0, 0.1) is 12.7 Å². The topological polar surface area (TPSA) is 104 Å². The molecule has 0 fully saturated rings. The van der Waals surface area contributed by atoms with E-state index in [1.54, 1.807) is 13.0 Å². The molecule has 0 bridgehead atoms. The summed E-state index contributed by atoms with van der Waals surface area (Å²) in [7, 11) is -4.73. The highest BCUT2D eigenvalue weighted by Crippen LogP contribution is 2.42. The number of anilines is 1. The van der Waals surface area contributed by atoms with E-state index in [9.17, 15) is 13.8 Å². The molecule has 3 N–H and O–H groups in total. The molecule has 0 aliphatic carbocycles. The fourth-order valence-corrected chi connectivity index (χ4v) is 3.57. The van der Waals surface area contributed by atoms with E-state index in [0.29, 0.717) is 10.0 Å². The predicted octanol–water partition coefficient (Wildman–Crippen LogP) is 3.05. The second-order valence-corrected chi connectivity index (χ2v) is 7.24. The van der Waals surface area contributed by atoms with Crippen LogP contribution in [0.1, 0.15) is 16.1 Å². The monoisotopic (exact) mass is 455 g/mol. The molecule has 0 saturated heterocycles. The Bertz CT molecular complexity index is 805. The second-order valence-electron chi connectivity index (χ2n) is 4.29. The molecule has 0 aliphatic rings. The summed E-state index contributed by atoms with van der Waals surface area (Å²) in [5.41, 5.74) is 0.324. The maximum absolute atomic E-state index is 13.7. The van der Waals surface area contributed by atoms with Gasteiger partial charge in [0, 0.05) is 0 Å². The lowest BCUT2D eigenvalue weighted by Crippen LogP contribution is -2.14. The standard InChI is InChI=1S/C11H9Br2FN3O4P/c1-5-2-3-7(6(14)4-5)15-11(18)9-8(12)10(13)17(16-9)22(19,20)21/h2-4H,1H3,(H,15,18)(H2,19,20,21). The number of nitrogens with one attached hydrogen (secondary N) is 1. The van der Waals surface area contributed by atoms with E-state index >= 15 is 0 Å². The number of carbonyl (C=O) groups is 1. The minimum atomic E-state index is -4.73. The Morgan fingerprint density at radius 3 is 2.55 bits per heavy atom. The second kappa shape index (κ2) is 6.21. The molecular weight excluding hydrogens is 448 g/mol. The molecule has 2 rings (SSSR count). The maximum atomic E-state index is 13.7. The third kappa shape index (κ3) is 3.47. The quantitative estimate of drug-likeness (QED) is 0.616. The highest BCUT2D eigenvalue weighted by Gasteiger charge is 2.28. The van der Waals surface area contributed by atoms with Crippen LogP contribution in [-0.4, -0.2) is 25.2 Å². The largest absolute Gasteiger partial charge is 0.450 e. The van der Waals surface area contributed by atoms with Crippen molar-refractivity contribution in [3.63, 3.8) is 0 Å². The Labute approximate surface area is 141 Å². The van der Waals surface area contributed by atoms with E-state index in [1.807, 2.05) is 0 Å². The average Bonchev–Trinajstić information content (AvgIpc) is 2.69. The molecule has 0 spiro atoms. The van der Waals surface area contributed by atoms with Crippen LogP contribution in [0.2, 0.25) is 0 Å². The van der Waals surface area contributed by atoms with Crippen LogP contribution in [0.5, 0.6) is 0 Å². The van der Waals surface area contributed by atoms with Crippen LogP contribution in [0.15, 0.2) is 27.3 Å². The van der Waals surface area contributed by atoms with E-state index < -0.39 is 19.5 Å². The summed E-state index contributed by atoms with van der Waals surface area (Å²) in [5.74, 6) is -1.44. The van der Waals surface area contributed by atoms with Crippen molar-refractivity contribution in [1.82, 2.24) is 9.55 Å². The van der Waals surface area contributed by atoms with Crippen molar-refractivity contribution in [2.24, 2.45) is 0 Å². The lowest BCUT2D eigenvalue weighted by Gasteiger charge is -2.06. The maximum Gasteiger partial charge on any atom is 0.450 e. The summed E-state index contributed by atoms with van der Waals surface area (Å²) >= 11 is 5.93. The van der Waals surface area contributed by atoms with E-state index in [0.717, 1.165) is 0 Å². The van der Waals surface area contributed by atoms with Crippen molar-refractivity contribution in [3.8, 4) is 0 Å². The number of carbonyl (C=O) groups excluding carboxylic acids is 1. The Balaban J connectivity index is 2.36. The number of amides is 1. The van der Waals surface area contributed by atoms with Gasteiger partial charge in [-0.1, -0.05) is 6.07 Å². The average molecular weight is 457 g/mol. The third-order valence-electron chi connectivity index (χ3n) is 2.59. The molecule has 22 heavy (non-hydrogen) atoms. The molecule has 0 saturated carbocycles. The van der Waals surface area contributed by atoms with Crippen molar-refractivity contribution < 1.29 is 23.5 Å². The van der Waals surface area contributed by atoms with Gasteiger partial charge in [-0.05, 0) is 56.5 Å². The van der Waals surface area contributed by atoms with Gasteiger partial charge >= 0.3 is 7.75 Å². The molecule has 0 radical (unpaired) electrons. The Hall–Kier alpha value is -1.06. The smallest absolute Gasteiger partial charge is 0.318 e. The zero-order valence-corrected chi connectivity index (χ0v) is 15.0. The number of hydrogen-bond donors (Lipinski definition) is 3. The Kier molecular flexibility index (Phi) is 4.88. The predicted molar refractivity (Wildman–Crippen MR) is 84.2 cm³/mol. The molecule has 0 atom stereocenters. The van der Waals surface area contributed by atoms with Crippen LogP contribution >= 0.6 is 39.6 Å². The zero-order chi connectivity index (χ0) is 16.7. The molecule has 1 aromatic carbocycles. The van der Waals surface area contributed by atoms with Crippen LogP contribution < -0.4 is 5.32 Å². The van der Waals surface area contributed by atoms with E-state index in [2.05, 4.69) is 42.3 Å². The molecule has 7 nitrogen and oxygen atoms in total. The van der Waals surface area contributed by atoms with Gasteiger partial charge in [0.2, 0.25) is 0 Å². The van der Waals surface area contributed by atoms with Gasteiger partial charge in [-0.15, -0.1) is 0 Å². The van der Waals surface area contributed by atoms with E-state index in [4.69, 9.17) is 9.79 Å². The van der Waals surface area contributed by atoms with Gasteiger partial charge < -0.3 is 15.1 Å². The number of rotatable bonds is 3. The van der Waals surface area contributed by atoms with E-state index in [1.165, 1.54) is 12.1 Å². The Morgan fingerprint density at radius 1 is 1.41 bits per heavy atom. The first-order valence-electron chi connectivity index (χ1n) is 5.69. The molecule has 11 heteroatoms. The molecule has 1 amide bonds. The summed E-state index contributed by atoms with van der Waals surface area (Å²) in [5, 5.41) is 5.84. The van der Waals surface area contributed by atoms with Gasteiger partial charge in [-0.2, -0.15) is 9.55 Å². The summed E-state index contributed by atoms with van der Waals surface area (Å²) < 4.78 is 25.3. The van der Waals surface area contributed by atoms with Crippen molar-refractivity contribution in [2.75, 3.05) is 5.32 Å². The summed E-state index contributed by atoms with van der Waals surface area (Å²) in [6.45, 7) is 1.70. The summed E-state index contributed by atoms with van der Waals surface area (Å²) in [4.78, 5) is 30.4. The summed E-state index contributed by atoms with van der Waals surface area (Å²) in [6, 6.07) is 4.23. The minimum absolute atomic E-state index is 0.0424. The normalized spacial score (nSPS) is 11.5. The van der Waals surface area contributed by atoms with Gasteiger partial charge in [-0.25, -0.2) is 8.96 Å². The lowest BCUT2D eigenvalue weighted by molar-refractivity contribution is 0.102. The number of halogens is 3. The highest BCUT2D eigenvalue weighted by atomic mass is 79.9. The van der Waals surface area contributed by atoms with Crippen molar-refractivity contribution in [1.29, 1.82) is 0 Å². The van der Waals surface area contributed by atoms with Crippen molar-refractivity contribution >= 4 is 51.2 Å². The molecule has 0 unspecified atom stereocenters. The number of benzene rings is 1. The molecule has 2 aromatic rings. The Morgan fingerprint density at radius 2 is 2.05 bits per heavy atom. The molecule has 1 heterocycles. The molecule has 1 aromatic heterocycles. The fraction of sp³-hybridized carbons (Fsp3) is 0.0909. The lowest BCUT2D eigenvalue weighted by atomic mass is 10.2. The van der Waals surface area contributed by atoms with Crippen LogP contribution in [0.25, 0.3) is 0 Å². The first-order valence-corrected chi connectivity index (χ1v) is 8.84.